The Hall–Kier alpha value is -3.11. The predicted molar refractivity (Wildman–Crippen MR) is 126 cm³/mol. The Morgan fingerprint density at radius 2 is 1.85 bits per heavy atom. The van der Waals surface area contributed by atoms with Crippen LogP contribution >= 0.6 is 11.8 Å². The monoisotopic (exact) mass is 488 g/mol. The summed E-state index contributed by atoms with van der Waals surface area (Å²) in [6.45, 7) is 4.71. The summed E-state index contributed by atoms with van der Waals surface area (Å²) in [5.41, 5.74) is 2.82. The maximum atomic E-state index is 13.0. The van der Waals surface area contributed by atoms with Crippen molar-refractivity contribution in [3.63, 3.8) is 0 Å². The Kier molecular flexibility index (Phi) is 7.08. The largest absolute Gasteiger partial charge is 0.416 e. The van der Waals surface area contributed by atoms with Gasteiger partial charge in [0.2, 0.25) is 0 Å². The van der Waals surface area contributed by atoms with Crippen LogP contribution < -0.4 is 10.2 Å². The summed E-state index contributed by atoms with van der Waals surface area (Å²) < 4.78 is 44.5. The summed E-state index contributed by atoms with van der Waals surface area (Å²) in [6.07, 6.45) is -2.57. The van der Waals surface area contributed by atoms with Gasteiger partial charge in [0, 0.05) is 29.9 Å². The average Bonchev–Trinajstić information content (AvgIpc) is 2.85. The van der Waals surface area contributed by atoms with Gasteiger partial charge in [-0.15, -0.1) is 22.0 Å². The summed E-state index contributed by atoms with van der Waals surface area (Å²) in [7, 11) is 0. The SMILES string of the molecule is CSc1nnc(-c2cc(NC(=O)c3cccc(C(F)(F)F)c3)ccc2C)cc1N1CCOCC1. The zero-order valence-electron chi connectivity index (χ0n) is 18.6. The van der Waals surface area contributed by atoms with Crippen LogP contribution in [-0.4, -0.2) is 48.7 Å². The van der Waals surface area contributed by atoms with Crippen LogP contribution in [0.3, 0.4) is 0 Å². The lowest BCUT2D eigenvalue weighted by atomic mass is 10.0. The van der Waals surface area contributed by atoms with Gasteiger partial charge in [-0.25, -0.2) is 0 Å². The number of amides is 1. The molecular formula is C24H23F3N4O2S. The lowest BCUT2D eigenvalue weighted by Crippen LogP contribution is -2.36. The maximum Gasteiger partial charge on any atom is 0.416 e. The van der Waals surface area contributed by atoms with Crippen LogP contribution in [0.1, 0.15) is 21.5 Å². The third kappa shape index (κ3) is 5.34. The molecule has 1 aromatic heterocycles. The van der Waals surface area contributed by atoms with Gasteiger partial charge in [0.15, 0.2) is 0 Å². The second-order valence-corrected chi connectivity index (χ2v) is 8.58. The number of hydrogen-bond acceptors (Lipinski definition) is 6. The van der Waals surface area contributed by atoms with Gasteiger partial charge in [0.05, 0.1) is 30.2 Å². The van der Waals surface area contributed by atoms with Crippen LogP contribution in [0, 0.1) is 6.92 Å². The molecule has 6 nitrogen and oxygen atoms in total. The zero-order chi connectivity index (χ0) is 24.3. The van der Waals surface area contributed by atoms with E-state index >= 15 is 0 Å². The number of hydrogen-bond donors (Lipinski definition) is 1. The topological polar surface area (TPSA) is 67.4 Å². The number of nitrogens with one attached hydrogen (secondary N) is 1. The first-order chi connectivity index (χ1) is 16.3. The molecule has 0 spiro atoms. The van der Waals surface area contributed by atoms with E-state index in [-0.39, 0.29) is 5.56 Å². The fraction of sp³-hybridized carbons (Fsp3) is 0.292. The van der Waals surface area contributed by atoms with Gasteiger partial charge in [-0.3, -0.25) is 4.79 Å². The molecule has 2 heterocycles. The molecule has 0 aliphatic carbocycles. The fourth-order valence-electron chi connectivity index (χ4n) is 3.69. The van der Waals surface area contributed by atoms with Crippen molar-refractivity contribution in [2.45, 2.75) is 18.1 Å². The van der Waals surface area contributed by atoms with Crippen molar-refractivity contribution in [3.8, 4) is 11.3 Å². The summed E-state index contributed by atoms with van der Waals surface area (Å²) in [5, 5.41) is 12.3. The minimum absolute atomic E-state index is 0.0735. The molecule has 0 saturated carbocycles. The molecule has 4 rings (SSSR count). The number of benzene rings is 2. The fourth-order valence-corrected chi connectivity index (χ4v) is 4.21. The molecule has 2 aromatic carbocycles. The molecule has 0 radical (unpaired) electrons. The highest BCUT2D eigenvalue weighted by molar-refractivity contribution is 7.98. The first-order valence-electron chi connectivity index (χ1n) is 10.6. The highest BCUT2D eigenvalue weighted by Gasteiger charge is 2.31. The number of alkyl halides is 3. The van der Waals surface area contributed by atoms with E-state index in [2.05, 4.69) is 20.4 Å². The van der Waals surface area contributed by atoms with Crippen molar-refractivity contribution in [1.29, 1.82) is 0 Å². The summed E-state index contributed by atoms with van der Waals surface area (Å²) in [6, 6.07) is 11.6. The molecule has 1 amide bonds. The molecule has 3 aromatic rings. The van der Waals surface area contributed by atoms with Crippen molar-refractivity contribution in [2.24, 2.45) is 0 Å². The molecular weight excluding hydrogens is 465 g/mol. The lowest BCUT2D eigenvalue weighted by molar-refractivity contribution is -0.137. The molecule has 1 saturated heterocycles. The van der Waals surface area contributed by atoms with Crippen LogP contribution in [-0.2, 0) is 10.9 Å². The molecule has 1 N–H and O–H groups in total. The van der Waals surface area contributed by atoms with E-state index < -0.39 is 17.6 Å². The van der Waals surface area contributed by atoms with Crippen molar-refractivity contribution < 1.29 is 22.7 Å². The summed E-state index contributed by atoms with van der Waals surface area (Å²) in [4.78, 5) is 14.9. The standard InChI is InChI=1S/C24H23F3N4O2S/c1-15-6-7-18(28-22(32)16-4-3-5-17(12-16)24(25,26)27)13-19(15)20-14-21(23(34-2)30-29-20)31-8-10-33-11-9-31/h3-7,12-14H,8-11H2,1-2H3,(H,28,32). The molecule has 0 bridgehead atoms. The van der Waals surface area contributed by atoms with Gasteiger partial charge in [-0.05, 0) is 55.1 Å². The lowest BCUT2D eigenvalue weighted by Gasteiger charge is -2.29. The second-order valence-electron chi connectivity index (χ2n) is 7.79. The first-order valence-corrected chi connectivity index (χ1v) is 11.8. The summed E-state index contributed by atoms with van der Waals surface area (Å²) >= 11 is 1.52. The summed E-state index contributed by atoms with van der Waals surface area (Å²) in [5.74, 6) is -0.626. The van der Waals surface area contributed by atoms with Gasteiger partial charge >= 0.3 is 6.18 Å². The van der Waals surface area contributed by atoms with Crippen LogP contribution in [0.15, 0.2) is 53.6 Å². The normalized spacial score (nSPS) is 14.2. The van der Waals surface area contributed by atoms with Gasteiger partial charge in [0.25, 0.3) is 5.91 Å². The van der Waals surface area contributed by atoms with E-state index in [1.165, 1.54) is 23.9 Å². The Morgan fingerprint density at radius 1 is 1.09 bits per heavy atom. The third-order valence-corrected chi connectivity index (χ3v) is 6.19. The number of halogens is 3. The number of morpholine rings is 1. The second kappa shape index (κ2) is 10.0. The Labute approximate surface area is 199 Å². The Morgan fingerprint density at radius 3 is 2.56 bits per heavy atom. The zero-order valence-corrected chi connectivity index (χ0v) is 19.5. The van der Waals surface area contributed by atoms with E-state index in [0.717, 1.165) is 47.1 Å². The molecule has 1 aliphatic rings. The number of anilines is 2. The van der Waals surface area contributed by atoms with Gasteiger partial charge < -0.3 is 15.0 Å². The Balaban J connectivity index is 1.62. The van der Waals surface area contributed by atoms with Gasteiger partial charge in [0.1, 0.15) is 5.03 Å². The van der Waals surface area contributed by atoms with E-state index in [1.807, 2.05) is 25.3 Å². The number of carbonyl (C=O) groups excluding carboxylic acids is 1. The average molecular weight is 489 g/mol. The van der Waals surface area contributed by atoms with Crippen LogP contribution in [0.25, 0.3) is 11.3 Å². The molecule has 10 heteroatoms. The van der Waals surface area contributed by atoms with Crippen LogP contribution in [0.4, 0.5) is 24.5 Å². The Bertz CT molecular complexity index is 1200. The maximum absolute atomic E-state index is 13.0. The predicted octanol–water partition coefficient (Wildman–Crippen LogP) is 5.28. The van der Waals surface area contributed by atoms with Gasteiger partial charge in [-0.1, -0.05) is 12.1 Å². The van der Waals surface area contributed by atoms with E-state index in [4.69, 9.17) is 4.74 Å². The van der Waals surface area contributed by atoms with Crippen LogP contribution in [0.5, 0.6) is 0 Å². The minimum atomic E-state index is -4.52. The van der Waals surface area contributed by atoms with Crippen molar-refractivity contribution in [2.75, 3.05) is 42.8 Å². The van der Waals surface area contributed by atoms with E-state index in [0.29, 0.717) is 24.6 Å². The molecule has 178 valence electrons. The van der Waals surface area contributed by atoms with Crippen molar-refractivity contribution in [1.82, 2.24) is 10.2 Å². The van der Waals surface area contributed by atoms with Crippen LogP contribution in [0.2, 0.25) is 0 Å². The molecule has 34 heavy (non-hydrogen) atoms. The molecule has 0 atom stereocenters. The number of carbonyl (C=O) groups is 1. The highest BCUT2D eigenvalue weighted by Crippen LogP contribution is 2.33. The number of nitrogens with zero attached hydrogens (tertiary/aromatic N) is 3. The van der Waals surface area contributed by atoms with E-state index in [9.17, 15) is 18.0 Å². The third-order valence-electron chi connectivity index (χ3n) is 5.51. The smallest absolute Gasteiger partial charge is 0.378 e. The number of rotatable bonds is 5. The van der Waals surface area contributed by atoms with Gasteiger partial charge in [-0.2, -0.15) is 13.2 Å². The van der Waals surface area contributed by atoms with Crippen molar-refractivity contribution >= 4 is 29.0 Å². The highest BCUT2D eigenvalue weighted by atomic mass is 32.2. The number of thioether (sulfide) groups is 1. The minimum Gasteiger partial charge on any atom is -0.378 e. The number of aromatic nitrogens is 2. The quantitative estimate of drug-likeness (QED) is 0.493. The van der Waals surface area contributed by atoms with Crippen molar-refractivity contribution in [3.05, 3.63) is 65.2 Å². The molecule has 1 aliphatic heterocycles. The van der Waals surface area contributed by atoms with E-state index in [1.54, 1.807) is 12.1 Å². The number of aryl methyl sites for hydroxylation is 1. The first kappa shape index (κ1) is 24.0. The molecule has 0 unspecified atom stereocenters. The molecule has 1 fully saturated rings. The number of ether oxygens (including phenoxy) is 1.